The molecule has 0 unspecified atom stereocenters. The van der Waals surface area contributed by atoms with Gasteiger partial charge < -0.3 is 19.8 Å². The third kappa shape index (κ3) is 3.55. The number of hydrogen-bond acceptors (Lipinski definition) is 4. The Hall–Kier alpha value is -3.08. The van der Waals surface area contributed by atoms with Gasteiger partial charge in [0.15, 0.2) is 0 Å². The van der Waals surface area contributed by atoms with E-state index in [0.29, 0.717) is 24.3 Å². The van der Waals surface area contributed by atoms with E-state index in [9.17, 15) is 9.59 Å². The smallest absolute Gasteiger partial charge is 0.268 e. The molecule has 2 N–H and O–H groups in total. The molecule has 0 aromatic carbocycles. The highest BCUT2D eigenvalue weighted by atomic mass is 16.2. The molecule has 1 aliphatic heterocycles. The van der Waals surface area contributed by atoms with Crippen LogP contribution in [0.15, 0.2) is 24.7 Å². The van der Waals surface area contributed by atoms with Gasteiger partial charge in [-0.25, -0.2) is 4.98 Å². The van der Waals surface area contributed by atoms with Gasteiger partial charge in [0.1, 0.15) is 24.1 Å². The van der Waals surface area contributed by atoms with Gasteiger partial charge >= 0.3 is 0 Å². The van der Waals surface area contributed by atoms with Crippen LogP contribution >= 0.6 is 0 Å². The first-order valence-electron chi connectivity index (χ1n) is 8.16. The predicted octanol–water partition coefficient (Wildman–Crippen LogP) is 0.847. The van der Waals surface area contributed by atoms with Crippen LogP contribution in [-0.4, -0.2) is 50.4 Å². The Bertz CT molecular complexity index is 822. The maximum absolute atomic E-state index is 12.3. The van der Waals surface area contributed by atoms with Crippen molar-refractivity contribution in [3.8, 4) is 6.07 Å². The maximum Gasteiger partial charge on any atom is 0.268 e. The summed E-state index contributed by atoms with van der Waals surface area (Å²) < 4.78 is 1.86. The second-order valence-corrected chi connectivity index (χ2v) is 6.45. The lowest BCUT2D eigenvalue weighted by Gasteiger charge is -2.39. The number of aromatic nitrogens is 3. The fraction of sp³-hybridized carbons (Fsp3) is 0.412. The van der Waals surface area contributed by atoms with Crippen molar-refractivity contribution < 1.29 is 9.59 Å². The van der Waals surface area contributed by atoms with Crippen molar-refractivity contribution in [1.82, 2.24) is 24.8 Å². The summed E-state index contributed by atoms with van der Waals surface area (Å²) in [6.45, 7) is 5.31. The molecule has 2 aromatic heterocycles. The molecule has 8 nitrogen and oxygen atoms in total. The van der Waals surface area contributed by atoms with E-state index in [1.54, 1.807) is 11.1 Å². The van der Waals surface area contributed by atoms with Crippen LogP contribution < -0.4 is 5.32 Å². The van der Waals surface area contributed by atoms with Crippen LogP contribution in [0.2, 0.25) is 0 Å². The van der Waals surface area contributed by atoms with Gasteiger partial charge in [0.25, 0.3) is 5.91 Å². The fourth-order valence-corrected chi connectivity index (χ4v) is 2.83. The van der Waals surface area contributed by atoms with Crippen molar-refractivity contribution >= 4 is 11.8 Å². The summed E-state index contributed by atoms with van der Waals surface area (Å²) in [4.78, 5) is 33.2. The Labute approximate surface area is 145 Å². The van der Waals surface area contributed by atoms with Gasteiger partial charge in [-0.05, 0) is 6.07 Å². The highest BCUT2D eigenvalue weighted by Gasteiger charge is 2.32. The summed E-state index contributed by atoms with van der Waals surface area (Å²) in [6.07, 6.45) is 5.00. The molecule has 0 saturated carbocycles. The minimum Gasteiger partial charge on any atom is -0.356 e. The summed E-state index contributed by atoms with van der Waals surface area (Å²) in [5.41, 5.74) is 0.762. The SMILES string of the molecule is CC(C)c1nccn1CC(=O)N1CC(NC(=O)c2cc(C#N)c[nH]2)C1. The van der Waals surface area contributed by atoms with E-state index in [0.717, 1.165) is 5.82 Å². The summed E-state index contributed by atoms with van der Waals surface area (Å²) in [5.74, 6) is 0.886. The van der Waals surface area contributed by atoms with E-state index in [-0.39, 0.29) is 30.3 Å². The van der Waals surface area contributed by atoms with E-state index >= 15 is 0 Å². The van der Waals surface area contributed by atoms with Crippen molar-refractivity contribution in [2.45, 2.75) is 32.4 Å². The Morgan fingerprint density at radius 2 is 2.24 bits per heavy atom. The minimum absolute atomic E-state index is 0.0111. The van der Waals surface area contributed by atoms with Gasteiger partial charge in [-0.1, -0.05) is 13.8 Å². The lowest BCUT2D eigenvalue weighted by Crippen LogP contribution is -2.61. The average molecular weight is 340 g/mol. The van der Waals surface area contributed by atoms with Crippen molar-refractivity contribution in [3.05, 3.63) is 41.7 Å². The molecule has 1 aliphatic rings. The zero-order chi connectivity index (χ0) is 18.0. The molecule has 25 heavy (non-hydrogen) atoms. The number of hydrogen-bond donors (Lipinski definition) is 2. The summed E-state index contributed by atoms with van der Waals surface area (Å²) in [7, 11) is 0. The Balaban J connectivity index is 1.49. The Morgan fingerprint density at radius 1 is 1.48 bits per heavy atom. The normalized spacial score (nSPS) is 14.2. The third-order valence-corrected chi connectivity index (χ3v) is 4.20. The number of nitrogens with one attached hydrogen (secondary N) is 2. The van der Waals surface area contributed by atoms with Crippen molar-refractivity contribution in [1.29, 1.82) is 5.26 Å². The molecule has 0 atom stereocenters. The number of aromatic amines is 1. The van der Waals surface area contributed by atoms with Gasteiger partial charge in [0.2, 0.25) is 5.91 Å². The standard InChI is InChI=1S/C17H20N6O2/c1-11(2)16-19-3-4-22(16)10-15(24)23-8-13(9-23)21-17(25)14-5-12(6-18)7-20-14/h3-5,7,11,13,20H,8-10H2,1-2H3,(H,21,25). The zero-order valence-corrected chi connectivity index (χ0v) is 14.2. The van der Waals surface area contributed by atoms with Crippen LogP contribution in [0.5, 0.6) is 0 Å². The zero-order valence-electron chi connectivity index (χ0n) is 14.2. The van der Waals surface area contributed by atoms with Gasteiger partial charge in [-0.3, -0.25) is 9.59 Å². The van der Waals surface area contributed by atoms with E-state index < -0.39 is 0 Å². The number of carbonyl (C=O) groups excluding carboxylic acids is 2. The minimum atomic E-state index is -0.268. The van der Waals surface area contributed by atoms with E-state index in [1.807, 2.05) is 30.7 Å². The number of carbonyl (C=O) groups is 2. The van der Waals surface area contributed by atoms with E-state index in [1.165, 1.54) is 12.3 Å². The first-order chi connectivity index (χ1) is 12.0. The highest BCUT2D eigenvalue weighted by molar-refractivity contribution is 5.93. The lowest BCUT2D eigenvalue weighted by atomic mass is 10.1. The van der Waals surface area contributed by atoms with Crippen LogP contribution in [-0.2, 0) is 11.3 Å². The Kier molecular flexibility index (Phi) is 4.57. The molecule has 2 aromatic rings. The van der Waals surface area contributed by atoms with Gasteiger partial charge in [0, 0.05) is 37.6 Å². The number of nitriles is 1. The first kappa shape index (κ1) is 16.8. The molecule has 3 heterocycles. The molecule has 0 bridgehead atoms. The van der Waals surface area contributed by atoms with Crippen molar-refractivity contribution in [3.63, 3.8) is 0 Å². The van der Waals surface area contributed by atoms with Gasteiger partial charge in [-0.2, -0.15) is 5.26 Å². The van der Waals surface area contributed by atoms with Crippen molar-refractivity contribution in [2.24, 2.45) is 0 Å². The number of likely N-dealkylation sites (tertiary alicyclic amines) is 1. The second kappa shape index (κ2) is 6.81. The van der Waals surface area contributed by atoms with Crippen molar-refractivity contribution in [2.75, 3.05) is 13.1 Å². The van der Waals surface area contributed by atoms with E-state index in [4.69, 9.17) is 5.26 Å². The van der Waals surface area contributed by atoms with Crippen LogP contribution in [0, 0.1) is 11.3 Å². The fourth-order valence-electron chi connectivity index (χ4n) is 2.83. The number of H-pyrrole nitrogens is 1. The molecule has 3 rings (SSSR count). The highest BCUT2D eigenvalue weighted by Crippen LogP contribution is 2.14. The molecular weight excluding hydrogens is 320 g/mol. The number of imidazole rings is 1. The quantitative estimate of drug-likeness (QED) is 0.841. The third-order valence-electron chi connectivity index (χ3n) is 4.20. The second-order valence-electron chi connectivity index (χ2n) is 6.45. The molecule has 0 aliphatic carbocycles. The molecular formula is C17H20N6O2. The molecule has 2 amide bonds. The Morgan fingerprint density at radius 3 is 2.88 bits per heavy atom. The van der Waals surface area contributed by atoms with Crippen LogP contribution in [0.1, 0.15) is 41.6 Å². The molecule has 0 spiro atoms. The predicted molar refractivity (Wildman–Crippen MR) is 89.7 cm³/mol. The molecule has 130 valence electrons. The topological polar surface area (TPSA) is 107 Å². The number of rotatable bonds is 5. The average Bonchev–Trinajstić information content (AvgIpc) is 3.18. The molecule has 1 saturated heterocycles. The van der Waals surface area contributed by atoms with Crippen LogP contribution in [0.3, 0.4) is 0 Å². The molecule has 0 radical (unpaired) electrons. The summed E-state index contributed by atoms with van der Waals surface area (Å²) >= 11 is 0. The lowest BCUT2D eigenvalue weighted by molar-refractivity contribution is -0.136. The van der Waals surface area contributed by atoms with Gasteiger partial charge in [-0.15, -0.1) is 0 Å². The van der Waals surface area contributed by atoms with Crippen LogP contribution in [0.4, 0.5) is 0 Å². The van der Waals surface area contributed by atoms with E-state index in [2.05, 4.69) is 15.3 Å². The van der Waals surface area contributed by atoms with Crippen LogP contribution in [0.25, 0.3) is 0 Å². The summed E-state index contributed by atoms with van der Waals surface area (Å²) in [5, 5.41) is 11.6. The molecule has 8 heteroatoms. The summed E-state index contributed by atoms with van der Waals surface area (Å²) in [6, 6.07) is 3.40. The largest absolute Gasteiger partial charge is 0.356 e. The number of amides is 2. The van der Waals surface area contributed by atoms with Gasteiger partial charge in [0.05, 0.1) is 11.6 Å². The number of nitrogens with zero attached hydrogens (tertiary/aromatic N) is 4. The first-order valence-corrected chi connectivity index (χ1v) is 8.16. The maximum atomic E-state index is 12.3. The molecule has 1 fully saturated rings. The monoisotopic (exact) mass is 340 g/mol.